The van der Waals surface area contributed by atoms with Crippen LogP contribution in [0.5, 0.6) is 17.5 Å². The van der Waals surface area contributed by atoms with E-state index in [0.717, 1.165) is 29.9 Å². The summed E-state index contributed by atoms with van der Waals surface area (Å²) in [6, 6.07) is 11.0. The zero-order valence-corrected chi connectivity index (χ0v) is 17.4. The van der Waals surface area contributed by atoms with Crippen molar-refractivity contribution in [2.24, 2.45) is 5.92 Å². The molecule has 0 fully saturated rings. The lowest BCUT2D eigenvalue weighted by Crippen LogP contribution is -2.13. The van der Waals surface area contributed by atoms with Crippen molar-refractivity contribution in [1.82, 2.24) is 14.5 Å². The summed E-state index contributed by atoms with van der Waals surface area (Å²) >= 11 is 0. The molecule has 0 radical (unpaired) electrons. The topological polar surface area (TPSA) is 66.2 Å². The second kappa shape index (κ2) is 9.37. The molecule has 0 saturated carbocycles. The molecule has 0 spiro atoms. The van der Waals surface area contributed by atoms with E-state index in [9.17, 15) is 4.79 Å². The standard InChI is InChI=1S/C23H27N3O3/c1-16(2)9-12-26-17(3)13-21(18(26)4)22(27)15-28-19-7-5-8-20(14-19)29-23-24-10-6-11-25-23/h5-8,10-11,13-14,16H,9,12,15H2,1-4H3. The fourth-order valence-corrected chi connectivity index (χ4v) is 3.11. The molecule has 3 aromatic rings. The van der Waals surface area contributed by atoms with Crippen molar-refractivity contribution >= 4 is 5.78 Å². The van der Waals surface area contributed by atoms with Crippen LogP contribution in [0.3, 0.4) is 0 Å². The van der Waals surface area contributed by atoms with Crippen molar-refractivity contribution in [3.05, 3.63) is 65.7 Å². The van der Waals surface area contributed by atoms with Crippen molar-refractivity contribution in [1.29, 1.82) is 0 Å². The van der Waals surface area contributed by atoms with Gasteiger partial charge in [0, 0.05) is 42.0 Å². The van der Waals surface area contributed by atoms with Crippen LogP contribution in [0.1, 0.15) is 42.0 Å². The zero-order valence-electron chi connectivity index (χ0n) is 17.4. The van der Waals surface area contributed by atoms with E-state index in [1.807, 2.05) is 19.9 Å². The first kappa shape index (κ1) is 20.6. The van der Waals surface area contributed by atoms with Crippen molar-refractivity contribution < 1.29 is 14.3 Å². The summed E-state index contributed by atoms with van der Waals surface area (Å²) in [5, 5.41) is 0. The minimum atomic E-state index is -0.0355. The molecular formula is C23H27N3O3. The third kappa shape index (κ3) is 5.44. The molecule has 0 bridgehead atoms. The van der Waals surface area contributed by atoms with E-state index < -0.39 is 0 Å². The van der Waals surface area contributed by atoms with Gasteiger partial charge >= 0.3 is 6.01 Å². The minimum Gasteiger partial charge on any atom is -0.485 e. The molecule has 0 amide bonds. The summed E-state index contributed by atoms with van der Waals surface area (Å²) in [4.78, 5) is 20.8. The highest BCUT2D eigenvalue weighted by molar-refractivity contribution is 5.98. The summed E-state index contributed by atoms with van der Waals surface area (Å²) < 4.78 is 13.5. The molecule has 0 N–H and O–H groups in total. The van der Waals surface area contributed by atoms with Gasteiger partial charge in [0.1, 0.15) is 11.5 Å². The molecule has 1 aromatic carbocycles. The van der Waals surface area contributed by atoms with Gasteiger partial charge < -0.3 is 14.0 Å². The summed E-state index contributed by atoms with van der Waals surface area (Å²) in [6.07, 6.45) is 4.30. The molecule has 0 atom stereocenters. The second-order valence-corrected chi connectivity index (χ2v) is 7.44. The molecule has 6 heteroatoms. The minimum absolute atomic E-state index is 0.0280. The first-order chi connectivity index (χ1) is 13.9. The fourth-order valence-electron chi connectivity index (χ4n) is 3.11. The first-order valence-electron chi connectivity index (χ1n) is 9.81. The Bertz CT molecular complexity index is 965. The van der Waals surface area contributed by atoms with Crippen LogP contribution in [0.15, 0.2) is 48.8 Å². The van der Waals surface area contributed by atoms with Crippen molar-refractivity contribution in [2.75, 3.05) is 6.61 Å². The molecule has 2 aromatic heterocycles. The predicted octanol–water partition coefficient (Wildman–Crippen LogP) is 5.00. The van der Waals surface area contributed by atoms with Crippen LogP contribution in [-0.2, 0) is 6.54 Å². The molecule has 0 aliphatic heterocycles. The Hall–Kier alpha value is -3.15. The molecule has 29 heavy (non-hydrogen) atoms. The van der Waals surface area contributed by atoms with Gasteiger partial charge in [-0.2, -0.15) is 0 Å². The third-order valence-corrected chi connectivity index (χ3v) is 4.73. The van der Waals surface area contributed by atoms with Crippen LogP contribution in [0, 0.1) is 19.8 Å². The molecule has 6 nitrogen and oxygen atoms in total. The maximum atomic E-state index is 12.7. The van der Waals surface area contributed by atoms with Gasteiger partial charge in [-0.3, -0.25) is 4.79 Å². The third-order valence-electron chi connectivity index (χ3n) is 4.73. The lowest BCUT2D eigenvalue weighted by molar-refractivity contribution is 0.0920. The van der Waals surface area contributed by atoms with Crippen molar-refractivity contribution in [2.45, 2.75) is 40.7 Å². The number of Topliss-reactive ketones (excluding diaryl/α,β-unsaturated/α-hetero) is 1. The number of benzene rings is 1. The largest absolute Gasteiger partial charge is 0.485 e. The van der Waals surface area contributed by atoms with Crippen molar-refractivity contribution in [3.63, 3.8) is 0 Å². The van der Waals surface area contributed by atoms with Crippen LogP contribution < -0.4 is 9.47 Å². The van der Waals surface area contributed by atoms with E-state index in [0.29, 0.717) is 17.4 Å². The highest BCUT2D eigenvalue weighted by Gasteiger charge is 2.16. The predicted molar refractivity (Wildman–Crippen MR) is 112 cm³/mol. The van der Waals surface area contributed by atoms with Crippen LogP contribution in [0.2, 0.25) is 0 Å². The monoisotopic (exact) mass is 393 g/mol. The molecule has 2 heterocycles. The number of aryl methyl sites for hydroxylation is 1. The zero-order chi connectivity index (χ0) is 20.8. The van der Waals surface area contributed by atoms with Gasteiger partial charge in [0.2, 0.25) is 5.78 Å². The Morgan fingerprint density at radius 1 is 1.07 bits per heavy atom. The number of rotatable bonds is 9. The van der Waals surface area contributed by atoms with E-state index in [1.54, 1.807) is 42.7 Å². The highest BCUT2D eigenvalue weighted by atomic mass is 16.5. The Kier molecular flexibility index (Phi) is 6.65. The number of ketones is 1. The Balaban J connectivity index is 1.64. The highest BCUT2D eigenvalue weighted by Crippen LogP contribution is 2.23. The number of nitrogens with zero attached hydrogens (tertiary/aromatic N) is 3. The van der Waals surface area contributed by atoms with Gasteiger partial charge in [-0.1, -0.05) is 19.9 Å². The Morgan fingerprint density at radius 2 is 1.79 bits per heavy atom. The van der Waals surface area contributed by atoms with Crippen LogP contribution in [0.4, 0.5) is 0 Å². The van der Waals surface area contributed by atoms with Gasteiger partial charge in [0.15, 0.2) is 6.61 Å². The summed E-state index contributed by atoms with van der Waals surface area (Å²) in [5.74, 6) is 1.69. The van der Waals surface area contributed by atoms with E-state index >= 15 is 0 Å². The van der Waals surface area contributed by atoms with Crippen LogP contribution in [-0.4, -0.2) is 26.9 Å². The van der Waals surface area contributed by atoms with Crippen molar-refractivity contribution in [3.8, 4) is 17.5 Å². The molecule has 0 aliphatic rings. The SMILES string of the molecule is Cc1cc(C(=O)COc2cccc(Oc3ncccn3)c2)c(C)n1CCC(C)C. The molecule has 0 aliphatic carbocycles. The average molecular weight is 393 g/mol. The summed E-state index contributed by atoms with van der Waals surface area (Å²) in [6.45, 7) is 9.34. The van der Waals surface area contributed by atoms with E-state index in [4.69, 9.17) is 9.47 Å². The maximum Gasteiger partial charge on any atom is 0.321 e. The molecule has 0 unspecified atom stereocenters. The number of hydrogen-bond acceptors (Lipinski definition) is 5. The fraction of sp³-hybridized carbons (Fsp3) is 0.348. The summed E-state index contributed by atoms with van der Waals surface area (Å²) in [7, 11) is 0. The lowest BCUT2D eigenvalue weighted by Gasteiger charge is -2.11. The van der Waals surface area contributed by atoms with Crippen LogP contribution in [0.25, 0.3) is 0 Å². The van der Waals surface area contributed by atoms with Gasteiger partial charge in [0.25, 0.3) is 0 Å². The first-order valence-corrected chi connectivity index (χ1v) is 9.81. The maximum absolute atomic E-state index is 12.7. The average Bonchev–Trinajstić information content (AvgIpc) is 2.99. The van der Waals surface area contributed by atoms with E-state index in [2.05, 4.69) is 28.4 Å². The number of carbonyl (C=O) groups is 1. The number of ether oxygens (including phenoxy) is 2. The van der Waals surface area contributed by atoms with Gasteiger partial charge in [0.05, 0.1) is 0 Å². The summed E-state index contributed by atoms with van der Waals surface area (Å²) in [5.41, 5.74) is 2.82. The normalized spacial score (nSPS) is 10.9. The van der Waals surface area contributed by atoms with Gasteiger partial charge in [-0.25, -0.2) is 9.97 Å². The van der Waals surface area contributed by atoms with Crippen LogP contribution >= 0.6 is 0 Å². The van der Waals surface area contributed by atoms with E-state index in [-0.39, 0.29) is 18.4 Å². The number of hydrogen-bond donors (Lipinski definition) is 0. The molecular weight excluding hydrogens is 366 g/mol. The molecule has 152 valence electrons. The molecule has 0 saturated heterocycles. The second-order valence-electron chi connectivity index (χ2n) is 7.44. The Labute approximate surface area is 171 Å². The number of aromatic nitrogens is 3. The number of carbonyl (C=O) groups excluding carboxylic acids is 1. The Morgan fingerprint density at radius 3 is 2.52 bits per heavy atom. The molecule has 3 rings (SSSR count). The smallest absolute Gasteiger partial charge is 0.321 e. The quantitative estimate of drug-likeness (QED) is 0.479. The van der Waals surface area contributed by atoms with Gasteiger partial charge in [-0.05, 0) is 50.5 Å². The van der Waals surface area contributed by atoms with Gasteiger partial charge in [-0.15, -0.1) is 0 Å². The van der Waals surface area contributed by atoms with E-state index in [1.165, 1.54) is 0 Å². The lowest BCUT2D eigenvalue weighted by atomic mass is 10.1.